The van der Waals surface area contributed by atoms with Gasteiger partial charge in [0.25, 0.3) is 0 Å². The maximum atomic E-state index is 6.62. The van der Waals surface area contributed by atoms with Crippen molar-refractivity contribution in [2.24, 2.45) is 0 Å². The lowest BCUT2D eigenvalue weighted by molar-refractivity contribution is 0.669. The molecule has 0 bridgehead atoms. The Morgan fingerprint density at radius 2 is 0.802 bits per heavy atom. The Kier molecular flexibility index (Phi) is 11.5. The highest BCUT2D eigenvalue weighted by molar-refractivity contribution is 8.34. The first-order valence-corrected chi connectivity index (χ1v) is 30.7. The molecule has 3 aromatic heterocycles. The van der Waals surface area contributed by atoms with Crippen molar-refractivity contribution >= 4 is 81.6 Å². The molecule has 4 heterocycles. The molecule has 0 saturated heterocycles. The van der Waals surface area contributed by atoms with Crippen molar-refractivity contribution in [3.05, 3.63) is 309 Å². The number of para-hydroxylation sites is 1. The maximum Gasteiger partial charge on any atom is 0.238 e. The second-order valence-electron chi connectivity index (χ2n) is 22.0. The smallest absolute Gasteiger partial charge is 0.238 e. The average molecular weight is 1120 g/mol. The van der Waals surface area contributed by atoms with E-state index in [1.807, 2.05) is 48.5 Å². The normalized spacial score (nSPS) is 12.9. The minimum Gasteiger partial charge on any atom is -0.456 e. The molecule has 0 radical (unpaired) electrons. The van der Waals surface area contributed by atoms with Crippen LogP contribution in [0.1, 0.15) is 0 Å². The minimum absolute atomic E-state index is 0.526. The fraction of sp³-hybridized carbons (Fsp3) is 0. The zero-order chi connectivity index (χ0) is 56.7. The molecule has 0 atom stereocenters. The summed E-state index contributed by atoms with van der Waals surface area (Å²) >= 11 is 0. The van der Waals surface area contributed by atoms with Gasteiger partial charge >= 0.3 is 0 Å². The van der Waals surface area contributed by atoms with Crippen LogP contribution < -0.4 is 4.90 Å². The van der Waals surface area contributed by atoms with Crippen LogP contribution in [0.5, 0.6) is 0 Å². The van der Waals surface area contributed by atoms with E-state index < -0.39 is 10.0 Å². The molecule has 7 heteroatoms. The minimum atomic E-state index is -2.13. The molecule has 1 aliphatic rings. The SMILES string of the molecule is c1ccc(-c2ccc(N(c3ccc4c(c3)S(c3ccccc3)(c3ccccc3)c3cc(-c5ccc6c(c5)c5cc7c(cc5n6-c5nc(-c6ccccc6)nc(-c6ccccc6)n5)oc5ccccc57)ccc3-4)c3ccc4ccccc4c3)cc2)cc1. The number of benzene rings is 13. The third kappa shape index (κ3) is 8.01. The van der Waals surface area contributed by atoms with Crippen LogP contribution in [0.25, 0.3) is 117 Å². The van der Waals surface area contributed by atoms with Gasteiger partial charge in [-0.2, -0.15) is 9.97 Å². The number of anilines is 3. The van der Waals surface area contributed by atoms with E-state index in [1.54, 1.807) is 0 Å². The molecule has 0 amide bonds. The van der Waals surface area contributed by atoms with Gasteiger partial charge in [-0.1, -0.05) is 212 Å². The number of furan rings is 1. The second-order valence-corrected chi connectivity index (χ2v) is 25.0. The molecule has 6 nitrogen and oxygen atoms in total. The van der Waals surface area contributed by atoms with E-state index in [-0.39, 0.29) is 0 Å². The predicted molar refractivity (Wildman–Crippen MR) is 354 cm³/mol. The third-order valence-electron chi connectivity index (χ3n) is 17.1. The van der Waals surface area contributed by atoms with Gasteiger partial charge in [-0.3, -0.25) is 4.57 Å². The number of hydrogen-bond acceptors (Lipinski definition) is 5. The zero-order valence-electron chi connectivity index (χ0n) is 46.5. The molecule has 404 valence electrons. The van der Waals surface area contributed by atoms with Gasteiger partial charge in [0, 0.05) is 75.4 Å². The van der Waals surface area contributed by atoms with Gasteiger partial charge in [0.1, 0.15) is 11.2 Å². The molecule has 0 spiro atoms. The molecule has 0 N–H and O–H groups in total. The van der Waals surface area contributed by atoms with E-state index in [9.17, 15) is 0 Å². The third-order valence-corrected chi connectivity index (χ3v) is 21.0. The number of fused-ring (bicyclic) bond motifs is 10. The van der Waals surface area contributed by atoms with Crippen molar-refractivity contribution < 1.29 is 4.42 Å². The van der Waals surface area contributed by atoms with Crippen molar-refractivity contribution in [2.75, 3.05) is 4.90 Å². The van der Waals surface area contributed by atoms with Crippen LogP contribution in [0.15, 0.2) is 333 Å². The Hall–Kier alpha value is -11.1. The monoisotopic (exact) mass is 1120 g/mol. The molecule has 0 saturated carbocycles. The standard InChI is InChI=1S/C79H51N5OS/c1-6-20-52(21-7-1)54-34-39-60(40-35-54)83(61-41-36-53-22-16-17-27-57(53)46-61)62-42-44-67-66-43-37-59(48-75(66)86(76(67)49-62,63-28-12-4-13-29-63)64-30-14-5-15-31-64)58-38-45-71-68(47-58)69-50-70-65-32-18-19-33-73(65)85-74(70)51-72(69)84(71)79-81-77(55-23-8-2-9-24-55)80-78(82-79)56-25-10-3-11-26-56/h1-51H. The summed E-state index contributed by atoms with van der Waals surface area (Å²) in [5.74, 6) is 1.72. The van der Waals surface area contributed by atoms with Crippen LogP contribution in [0.4, 0.5) is 17.1 Å². The summed E-state index contributed by atoms with van der Waals surface area (Å²) in [6.45, 7) is 0. The summed E-state index contributed by atoms with van der Waals surface area (Å²) in [6, 6.07) is 112. The van der Waals surface area contributed by atoms with Crippen LogP contribution in [0.2, 0.25) is 0 Å². The second kappa shape index (κ2) is 20.1. The molecule has 0 aliphatic carbocycles. The highest BCUT2D eigenvalue weighted by Gasteiger charge is 2.43. The van der Waals surface area contributed by atoms with Gasteiger partial charge in [-0.25, -0.2) is 4.98 Å². The molecular weight excluding hydrogens is 1070 g/mol. The fourth-order valence-electron chi connectivity index (χ4n) is 13.0. The van der Waals surface area contributed by atoms with Gasteiger partial charge in [-0.05, 0) is 135 Å². The molecule has 0 unspecified atom stereocenters. The van der Waals surface area contributed by atoms with E-state index in [2.05, 4.69) is 270 Å². The van der Waals surface area contributed by atoms with E-state index in [0.29, 0.717) is 17.6 Å². The Morgan fingerprint density at radius 1 is 0.302 bits per heavy atom. The van der Waals surface area contributed by atoms with Gasteiger partial charge in [-0.15, -0.1) is 10.0 Å². The van der Waals surface area contributed by atoms with E-state index in [0.717, 1.165) is 83.1 Å². The molecule has 13 aromatic carbocycles. The molecule has 0 fully saturated rings. The van der Waals surface area contributed by atoms with Crippen LogP contribution in [-0.4, -0.2) is 19.5 Å². The van der Waals surface area contributed by atoms with Crippen molar-refractivity contribution in [2.45, 2.75) is 19.6 Å². The first-order valence-electron chi connectivity index (χ1n) is 29.0. The summed E-state index contributed by atoms with van der Waals surface area (Å²) in [5.41, 5.74) is 15.7. The van der Waals surface area contributed by atoms with Crippen LogP contribution in [-0.2, 0) is 0 Å². The van der Waals surface area contributed by atoms with Crippen molar-refractivity contribution in [1.82, 2.24) is 19.5 Å². The van der Waals surface area contributed by atoms with Gasteiger partial charge in [0.15, 0.2) is 11.6 Å². The lowest BCUT2D eigenvalue weighted by Crippen LogP contribution is -2.11. The molecule has 86 heavy (non-hydrogen) atoms. The highest BCUT2D eigenvalue weighted by atomic mass is 32.3. The first kappa shape index (κ1) is 49.5. The highest BCUT2D eigenvalue weighted by Crippen LogP contribution is 2.80. The summed E-state index contributed by atoms with van der Waals surface area (Å²) in [7, 11) is -2.13. The van der Waals surface area contributed by atoms with Crippen LogP contribution in [0.3, 0.4) is 0 Å². The van der Waals surface area contributed by atoms with Crippen LogP contribution >= 0.6 is 10.0 Å². The molecule has 16 aromatic rings. The van der Waals surface area contributed by atoms with E-state index in [1.165, 1.54) is 52.6 Å². The summed E-state index contributed by atoms with van der Waals surface area (Å²) < 4.78 is 8.81. The van der Waals surface area contributed by atoms with Crippen molar-refractivity contribution in [1.29, 1.82) is 0 Å². The topological polar surface area (TPSA) is 60.0 Å². The van der Waals surface area contributed by atoms with Crippen molar-refractivity contribution in [3.8, 4) is 62.1 Å². The molecule has 17 rings (SSSR count). The number of rotatable bonds is 10. The zero-order valence-corrected chi connectivity index (χ0v) is 47.3. The maximum absolute atomic E-state index is 6.62. The number of hydrogen-bond donors (Lipinski definition) is 0. The summed E-state index contributed by atoms with van der Waals surface area (Å²) in [6.07, 6.45) is 0. The Balaban J connectivity index is 0.873. The summed E-state index contributed by atoms with van der Waals surface area (Å²) in [4.78, 5) is 23.3. The Bertz CT molecular complexity index is 5180. The van der Waals surface area contributed by atoms with Gasteiger partial charge in [0.2, 0.25) is 5.95 Å². The lowest BCUT2D eigenvalue weighted by atomic mass is 9.98. The van der Waals surface area contributed by atoms with Gasteiger partial charge in [0.05, 0.1) is 11.0 Å². The Labute approximate surface area is 498 Å². The fourth-order valence-corrected chi connectivity index (χ4v) is 17.3. The first-order chi connectivity index (χ1) is 42.6. The number of aromatic nitrogens is 4. The van der Waals surface area contributed by atoms with Crippen molar-refractivity contribution in [3.63, 3.8) is 0 Å². The average Bonchev–Trinajstić information content (AvgIpc) is 1.79. The van der Waals surface area contributed by atoms with Crippen LogP contribution in [0, 0.1) is 0 Å². The predicted octanol–water partition coefficient (Wildman–Crippen LogP) is 21.5. The van der Waals surface area contributed by atoms with E-state index >= 15 is 0 Å². The molecule has 1 aliphatic heterocycles. The largest absolute Gasteiger partial charge is 0.456 e. The Morgan fingerprint density at radius 3 is 1.49 bits per heavy atom. The lowest BCUT2D eigenvalue weighted by Gasteiger charge is -2.40. The van der Waals surface area contributed by atoms with Gasteiger partial charge < -0.3 is 9.32 Å². The number of nitrogens with zero attached hydrogens (tertiary/aromatic N) is 5. The quantitative estimate of drug-likeness (QED) is 0.137. The summed E-state index contributed by atoms with van der Waals surface area (Å²) in [5, 5.41) is 6.68. The van der Waals surface area contributed by atoms with E-state index in [4.69, 9.17) is 19.4 Å². The molecular formula is C79H51N5OS.